The van der Waals surface area contributed by atoms with E-state index >= 15 is 0 Å². The minimum absolute atomic E-state index is 0.293. The van der Waals surface area contributed by atoms with E-state index in [1.165, 1.54) is 0 Å². The quantitative estimate of drug-likeness (QED) is 0.563. The molecule has 0 spiro atoms. The van der Waals surface area contributed by atoms with Crippen LogP contribution in [0.15, 0.2) is 36.4 Å². The second kappa shape index (κ2) is 8.82. The Bertz CT molecular complexity index is 731. The number of hydrogen-bond donors (Lipinski definition) is 2. The molecule has 0 heterocycles. The van der Waals surface area contributed by atoms with Crippen molar-refractivity contribution in [2.24, 2.45) is 0 Å². The fourth-order valence-electron chi connectivity index (χ4n) is 2.22. The summed E-state index contributed by atoms with van der Waals surface area (Å²) in [6.07, 6.45) is 2.01. The van der Waals surface area contributed by atoms with Gasteiger partial charge in [0.25, 0.3) is 5.91 Å². The van der Waals surface area contributed by atoms with E-state index in [2.05, 4.69) is 12.2 Å². The van der Waals surface area contributed by atoms with Gasteiger partial charge in [0.1, 0.15) is 5.75 Å². The number of methoxy groups -OCH3 is 2. The molecule has 0 aliphatic carbocycles. The van der Waals surface area contributed by atoms with Crippen LogP contribution < -0.4 is 25.3 Å². The number of hydrogen-bond acceptors (Lipinski definition) is 5. The average Bonchev–Trinajstić information content (AvgIpc) is 2.63. The van der Waals surface area contributed by atoms with E-state index in [9.17, 15) is 4.79 Å². The van der Waals surface area contributed by atoms with Gasteiger partial charge in [-0.1, -0.05) is 13.3 Å². The maximum atomic E-state index is 12.5. The number of nitrogen functional groups attached to an aromatic ring is 1. The van der Waals surface area contributed by atoms with Gasteiger partial charge in [-0.2, -0.15) is 0 Å². The molecule has 0 aliphatic heterocycles. The van der Waals surface area contributed by atoms with E-state index in [-0.39, 0.29) is 5.91 Å². The number of benzene rings is 2. The molecular formula is C19H24N2O4. The summed E-state index contributed by atoms with van der Waals surface area (Å²) in [7, 11) is 3.10. The molecule has 0 radical (unpaired) electrons. The Morgan fingerprint density at radius 2 is 1.88 bits per heavy atom. The number of amides is 1. The molecule has 0 bridgehead atoms. The van der Waals surface area contributed by atoms with Crippen molar-refractivity contribution in [3.8, 4) is 17.2 Å². The SMILES string of the molecule is CCCCOc1ccc(C(=O)Nc2cc(OC)ccc2N)cc1OC. The smallest absolute Gasteiger partial charge is 0.255 e. The van der Waals surface area contributed by atoms with Crippen molar-refractivity contribution in [2.75, 3.05) is 31.9 Å². The number of rotatable bonds is 8. The zero-order valence-electron chi connectivity index (χ0n) is 14.8. The van der Waals surface area contributed by atoms with Crippen LogP contribution in [0.1, 0.15) is 30.1 Å². The first-order chi connectivity index (χ1) is 12.1. The van der Waals surface area contributed by atoms with Crippen LogP contribution in [0.5, 0.6) is 17.2 Å². The third-order valence-electron chi connectivity index (χ3n) is 3.69. The molecule has 2 aromatic rings. The highest BCUT2D eigenvalue weighted by atomic mass is 16.5. The zero-order chi connectivity index (χ0) is 18.2. The van der Waals surface area contributed by atoms with Crippen LogP contribution in [-0.2, 0) is 0 Å². The molecular weight excluding hydrogens is 320 g/mol. The highest BCUT2D eigenvalue weighted by Gasteiger charge is 2.13. The average molecular weight is 344 g/mol. The molecule has 0 saturated heterocycles. The Balaban J connectivity index is 2.16. The molecule has 0 unspecified atom stereocenters. The Labute approximate surface area is 147 Å². The van der Waals surface area contributed by atoms with Gasteiger partial charge in [0.15, 0.2) is 11.5 Å². The van der Waals surface area contributed by atoms with Gasteiger partial charge in [-0.3, -0.25) is 4.79 Å². The number of carbonyl (C=O) groups is 1. The molecule has 3 N–H and O–H groups in total. The summed E-state index contributed by atoms with van der Waals surface area (Å²) >= 11 is 0. The molecule has 0 saturated carbocycles. The maximum Gasteiger partial charge on any atom is 0.255 e. The van der Waals surface area contributed by atoms with Crippen molar-refractivity contribution in [1.29, 1.82) is 0 Å². The van der Waals surface area contributed by atoms with Crippen LogP contribution in [-0.4, -0.2) is 26.7 Å². The molecule has 0 atom stereocenters. The first-order valence-corrected chi connectivity index (χ1v) is 8.14. The lowest BCUT2D eigenvalue weighted by Gasteiger charge is -2.13. The number of nitrogens with two attached hydrogens (primary N) is 1. The number of anilines is 2. The van der Waals surface area contributed by atoms with E-state index in [0.29, 0.717) is 40.8 Å². The summed E-state index contributed by atoms with van der Waals surface area (Å²) in [6, 6.07) is 10.2. The van der Waals surface area contributed by atoms with E-state index in [1.807, 2.05) is 0 Å². The normalized spacial score (nSPS) is 10.2. The summed E-state index contributed by atoms with van der Waals surface area (Å²) in [5.41, 5.74) is 7.30. The van der Waals surface area contributed by atoms with Crippen LogP contribution in [0.2, 0.25) is 0 Å². The van der Waals surface area contributed by atoms with Crippen LogP contribution in [0.25, 0.3) is 0 Å². The number of ether oxygens (including phenoxy) is 3. The molecule has 25 heavy (non-hydrogen) atoms. The fraction of sp³-hybridized carbons (Fsp3) is 0.316. The minimum Gasteiger partial charge on any atom is -0.497 e. The lowest BCUT2D eigenvalue weighted by molar-refractivity contribution is 0.102. The Hall–Kier alpha value is -2.89. The maximum absolute atomic E-state index is 12.5. The topological polar surface area (TPSA) is 82.8 Å². The summed E-state index contributed by atoms with van der Waals surface area (Å²) in [5.74, 6) is 1.45. The van der Waals surface area contributed by atoms with Gasteiger partial charge in [0.2, 0.25) is 0 Å². The fourth-order valence-corrected chi connectivity index (χ4v) is 2.22. The molecule has 0 fully saturated rings. The largest absolute Gasteiger partial charge is 0.497 e. The first kappa shape index (κ1) is 18.4. The Morgan fingerprint density at radius 1 is 1.08 bits per heavy atom. The van der Waals surface area contributed by atoms with Crippen LogP contribution >= 0.6 is 0 Å². The van der Waals surface area contributed by atoms with E-state index in [1.54, 1.807) is 50.6 Å². The molecule has 1 amide bonds. The molecule has 2 rings (SSSR count). The predicted octanol–water partition coefficient (Wildman–Crippen LogP) is 3.72. The number of carbonyl (C=O) groups excluding carboxylic acids is 1. The van der Waals surface area contributed by atoms with Gasteiger partial charge in [-0.15, -0.1) is 0 Å². The summed E-state index contributed by atoms with van der Waals surface area (Å²) in [5, 5.41) is 2.78. The van der Waals surface area contributed by atoms with Crippen molar-refractivity contribution in [3.63, 3.8) is 0 Å². The zero-order valence-corrected chi connectivity index (χ0v) is 14.8. The van der Waals surface area contributed by atoms with Crippen molar-refractivity contribution in [1.82, 2.24) is 0 Å². The van der Waals surface area contributed by atoms with Gasteiger partial charge < -0.3 is 25.3 Å². The summed E-state index contributed by atoms with van der Waals surface area (Å²) in [4.78, 5) is 12.5. The molecule has 0 aliphatic rings. The summed E-state index contributed by atoms with van der Waals surface area (Å²) < 4.78 is 16.2. The summed E-state index contributed by atoms with van der Waals surface area (Å²) in [6.45, 7) is 2.71. The molecule has 6 nitrogen and oxygen atoms in total. The van der Waals surface area contributed by atoms with Gasteiger partial charge in [-0.05, 0) is 36.8 Å². The third-order valence-corrected chi connectivity index (χ3v) is 3.69. The predicted molar refractivity (Wildman–Crippen MR) is 98.8 cm³/mol. The monoisotopic (exact) mass is 344 g/mol. The second-order valence-electron chi connectivity index (χ2n) is 5.47. The molecule has 0 aromatic heterocycles. The van der Waals surface area contributed by atoms with Crippen LogP contribution in [0.4, 0.5) is 11.4 Å². The van der Waals surface area contributed by atoms with Crippen LogP contribution in [0, 0.1) is 0 Å². The van der Waals surface area contributed by atoms with Gasteiger partial charge >= 0.3 is 0 Å². The number of nitrogens with one attached hydrogen (secondary N) is 1. The van der Waals surface area contributed by atoms with Crippen molar-refractivity contribution in [2.45, 2.75) is 19.8 Å². The number of unbranched alkanes of at least 4 members (excludes halogenated alkanes) is 1. The van der Waals surface area contributed by atoms with Gasteiger partial charge in [-0.25, -0.2) is 0 Å². The second-order valence-corrected chi connectivity index (χ2v) is 5.47. The molecule has 134 valence electrons. The van der Waals surface area contributed by atoms with Gasteiger partial charge in [0.05, 0.1) is 32.2 Å². The highest BCUT2D eigenvalue weighted by molar-refractivity contribution is 6.06. The Morgan fingerprint density at radius 3 is 2.56 bits per heavy atom. The standard InChI is InChI=1S/C19H24N2O4/c1-4-5-10-25-17-9-6-13(11-18(17)24-3)19(22)21-16-12-14(23-2)7-8-15(16)20/h6-9,11-12H,4-5,10,20H2,1-3H3,(H,21,22). The van der Waals surface area contributed by atoms with E-state index < -0.39 is 0 Å². The van der Waals surface area contributed by atoms with Crippen LogP contribution in [0.3, 0.4) is 0 Å². The van der Waals surface area contributed by atoms with E-state index in [4.69, 9.17) is 19.9 Å². The van der Waals surface area contributed by atoms with Crippen molar-refractivity contribution in [3.05, 3.63) is 42.0 Å². The highest BCUT2D eigenvalue weighted by Crippen LogP contribution is 2.29. The third kappa shape index (κ3) is 4.79. The van der Waals surface area contributed by atoms with Gasteiger partial charge in [0, 0.05) is 11.6 Å². The minimum atomic E-state index is -0.293. The first-order valence-electron chi connectivity index (χ1n) is 8.14. The van der Waals surface area contributed by atoms with E-state index in [0.717, 1.165) is 12.8 Å². The Kier molecular flexibility index (Phi) is 6.51. The molecule has 6 heteroatoms. The van der Waals surface area contributed by atoms with Crippen molar-refractivity contribution < 1.29 is 19.0 Å². The lowest BCUT2D eigenvalue weighted by atomic mass is 10.1. The lowest BCUT2D eigenvalue weighted by Crippen LogP contribution is -2.13. The van der Waals surface area contributed by atoms with Crippen molar-refractivity contribution >= 4 is 17.3 Å². The molecule has 2 aromatic carbocycles.